The standard InChI is InChI=1S/C24H25ClN8O5/c1-2-27-22(36)19-17(34)18(35)24(38-19)33-11-29-16-20(26)30-15(31-21(16)33)4-3-9-32(13-6-7-13)23(37)12-5-8-14(25)28-10-12/h5,8,10-11,13,17-19,24,34-35H,2,6-7,9H2,1H3,(H,27,36)(H2,26,30,31)/t17-,18+,19-,24+/m0/s1. The van der Waals surface area contributed by atoms with Gasteiger partial charge in [-0.2, -0.15) is 0 Å². The second-order valence-electron chi connectivity index (χ2n) is 8.92. The Labute approximate surface area is 222 Å². The number of ether oxygens (including phenoxy) is 1. The molecule has 4 heterocycles. The molecule has 0 unspecified atom stereocenters. The van der Waals surface area contributed by atoms with Gasteiger partial charge in [0.25, 0.3) is 11.8 Å². The highest BCUT2D eigenvalue weighted by Crippen LogP contribution is 2.32. The van der Waals surface area contributed by atoms with Crippen LogP contribution in [-0.4, -0.2) is 88.9 Å². The lowest BCUT2D eigenvalue weighted by Crippen LogP contribution is -2.42. The van der Waals surface area contributed by atoms with Crippen LogP contribution in [0.1, 0.15) is 42.2 Å². The van der Waals surface area contributed by atoms with Crippen molar-refractivity contribution in [2.75, 3.05) is 18.8 Å². The van der Waals surface area contributed by atoms with Gasteiger partial charge in [0.2, 0.25) is 5.82 Å². The van der Waals surface area contributed by atoms with Gasteiger partial charge in [0.1, 0.15) is 22.9 Å². The van der Waals surface area contributed by atoms with Gasteiger partial charge >= 0.3 is 0 Å². The Morgan fingerprint density at radius 1 is 1.26 bits per heavy atom. The molecule has 1 saturated carbocycles. The summed E-state index contributed by atoms with van der Waals surface area (Å²) in [6.07, 6.45) is -0.761. The maximum Gasteiger partial charge on any atom is 0.256 e. The monoisotopic (exact) mass is 540 g/mol. The van der Waals surface area contributed by atoms with Crippen LogP contribution in [0.2, 0.25) is 5.15 Å². The van der Waals surface area contributed by atoms with E-state index < -0.39 is 30.4 Å². The molecule has 0 radical (unpaired) electrons. The summed E-state index contributed by atoms with van der Waals surface area (Å²) in [6.45, 7) is 2.21. The predicted molar refractivity (Wildman–Crippen MR) is 135 cm³/mol. The fourth-order valence-electron chi connectivity index (χ4n) is 4.19. The topological polar surface area (TPSA) is 182 Å². The second-order valence-corrected chi connectivity index (χ2v) is 9.30. The van der Waals surface area contributed by atoms with Crippen molar-refractivity contribution in [3.63, 3.8) is 0 Å². The number of nitrogens with one attached hydrogen (secondary N) is 1. The number of hydrogen-bond donors (Lipinski definition) is 4. The van der Waals surface area contributed by atoms with Crippen molar-refractivity contribution in [2.45, 2.75) is 50.3 Å². The average molecular weight is 541 g/mol. The van der Waals surface area contributed by atoms with Crippen LogP contribution in [0.4, 0.5) is 5.82 Å². The molecular formula is C24H25ClN8O5. The number of carbonyl (C=O) groups is 2. The zero-order valence-electron chi connectivity index (χ0n) is 20.3. The number of nitrogen functional groups attached to an aromatic ring is 1. The highest BCUT2D eigenvalue weighted by atomic mass is 35.5. The molecule has 2 amide bonds. The molecule has 3 aromatic rings. The normalized spacial score (nSPS) is 22.6. The van der Waals surface area contributed by atoms with E-state index in [0.717, 1.165) is 12.8 Å². The van der Waals surface area contributed by atoms with Gasteiger partial charge < -0.3 is 30.9 Å². The number of fused-ring (bicyclic) bond motifs is 1. The van der Waals surface area contributed by atoms with Crippen molar-refractivity contribution in [1.82, 2.24) is 34.7 Å². The summed E-state index contributed by atoms with van der Waals surface area (Å²) in [6, 6.07) is 3.27. The molecule has 13 nitrogen and oxygen atoms in total. The Morgan fingerprint density at radius 3 is 2.74 bits per heavy atom. The molecule has 2 fully saturated rings. The second kappa shape index (κ2) is 10.5. The van der Waals surface area contributed by atoms with Gasteiger partial charge in [0.05, 0.1) is 18.4 Å². The van der Waals surface area contributed by atoms with Crippen molar-refractivity contribution in [1.29, 1.82) is 0 Å². The number of nitrogens with zero attached hydrogens (tertiary/aromatic N) is 6. The number of hydrogen-bond acceptors (Lipinski definition) is 10. The molecule has 3 aromatic heterocycles. The molecule has 14 heteroatoms. The zero-order valence-corrected chi connectivity index (χ0v) is 21.0. The highest BCUT2D eigenvalue weighted by molar-refractivity contribution is 6.29. The number of aliphatic hydroxyl groups is 2. The first-order valence-electron chi connectivity index (χ1n) is 12.0. The van der Waals surface area contributed by atoms with Crippen LogP contribution in [-0.2, 0) is 9.53 Å². The number of amides is 2. The van der Waals surface area contributed by atoms with E-state index in [0.29, 0.717) is 17.3 Å². The molecule has 38 heavy (non-hydrogen) atoms. The van der Waals surface area contributed by atoms with Crippen molar-refractivity contribution in [2.24, 2.45) is 0 Å². The average Bonchev–Trinajstić information content (AvgIpc) is 3.58. The Kier molecular flexibility index (Phi) is 7.13. The number of anilines is 1. The van der Waals surface area contributed by atoms with Crippen molar-refractivity contribution in [3.8, 4) is 11.8 Å². The summed E-state index contributed by atoms with van der Waals surface area (Å²) in [5.74, 6) is 5.15. The molecule has 2 aliphatic rings. The van der Waals surface area contributed by atoms with Crippen LogP contribution in [0, 0.1) is 11.8 Å². The fraction of sp³-hybridized carbons (Fsp3) is 0.417. The van der Waals surface area contributed by atoms with Gasteiger partial charge in [-0.1, -0.05) is 17.5 Å². The number of carbonyl (C=O) groups excluding carboxylic acids is 2. The molecule has 5 N–H and O–H groups in total. The molecule has 0 spiro atoms. The van der Waals surface area contributed by atoms with E-state index in [2.05, 4.69) is 37.1 Å². The first-order chi connectivity index (χ1) is 18.3. The van der Waals surface area contributed by atoms with Crippen LogP contribution in [0.25, 0.3) is 11.2 Å². The van der Waals surface area contributed by atoms with E-state index >= 15 is 0 Å². The fourth-order valence-corrected chi connectivity index (χ4v) is 4.30. The number of aliphatic hydroxyl groups excluding tert-OH is 2. The number of imidazole rings is 1. The summed E-state index contributed by atoms with van der Waals surface area (Å²) < 4.78 is 7.04. The van der Waals surface area contributed by atoms with Crippen molar-refractivity contribution in [3.05, 3.63) is 41.2 Å². The van der Waals surface area contributed by atoms with Gasteiger partial charge in [0.15, 0.2) is 23.8 Å². The lowest BCUT2D eigenvalue weighted by Gasteiger charge is -2.19. The third-order valence-electron chi connectivity index (χ3n) is 6.24. The number of nitrogens with two attached hydrogens (primary N) is 1. The Morgan fingerprint density at radius 2 is 2.05 bits per heavy atom. The number of likely N-dealkylation sites (N-methyl/N-ethyl adjacent to an activating group) is 1. The van der Waals surface area contributed by atoms with E-state index in [1.165, 1.54) is 17.1 Å². The quantitative estimate of drug-likeness (QED) is 0.243. The highest BCUT2D eigenvalue weighted by Gasteiger charge is 2.47. The SMILES string of the molecule is CCNC(=O)[C@H]1O[C@@H](n2cnc3c(N)nc(C#CCN(C(=O)c4ccc(Cl)nc4)C4CC4)nc32)[C@H](O)[C@@H]1O. The Hall–Kier alpha value is -3.83. The summed E-state index contributed by atoms with van der Waals surface area (Å²) >= 11 is 5.83. The minimum atomic E-state index is -1.45. The number of aromatic nitrogens is 5. The first-order valence-corrected chi connectivity index (χ1v) is 12.4. The van der Waals surface area contributed by atoms with E-state index in [4.69, 9.17) is 22.1 Å². The molecule has 1 saturated heterocycles. The van der Waals surface area contributed by atoms with E-state index in [1.807, 2.05) is 0 Å². The van der Waals surface area contributed by atoms with Gasteiger partial charge in [0, 0.05) is 18.8 Å². The lowest BCUT2D eigenvalue weighted by molar-refractivity contribution is -0.137. The maximum atomic E-state index is 13.0. The van der Waals surface area contributed by atoms with Gasteiger partial charge in [-0.05, 0) is 37.8 Å². The van der Waals surface area contributed by atoms with Gasteiger partial charge in [-0.3, -0.25) is 14.2 Å². The Balaban J connectivity index is 1.38. The molecule has 1 aliphatic heterocycles. The smallest absolute Gasteiger partial charge is 0.256 e. The van der Waals surface area contributed by atoms with E-state index in [9.17, 15) is 19.8 Å². The minimum absolute atomic E-state index is 0.0497. The van der Waals surface area contributed by atoms with Crippen LogP contribution in [0.3, 0.4) is 0 Å². The molecule has 0 bridgehead atoms. The molecule has 1 aliphatic carbocycles. The zero-order chi connectivity index (χ0) is 27.0. The largest absolute Gasteiger partial charge is 0.387 e. The van der Waals surface area contributed by atoms with Gasteiger partial charge in [-0.25, -0.2) is 19.9 Å². The van der Waals surface area contributed by atoms with Crippen LogP contribution in [0.15, 0.2) is 24.7 Å². The number of rotatable bonds is 6. The van der Waals surface area contributed by atoms with Crippen LogP contribution >= 0.6 is 11.6 Å². The maximum absolute atomic E-state index is 13.0. The molecular weight excluding hydrogens is 516 g/mol. The van der Waals surface area contributed by atoms with E-state index in [-0.39, 0.29) is 41.3 Å². The molecule has 0 aromatic carbocycles. The van der Waals surface area contributed by atoms with Crippen molar-refractivity contribution < 1.29 is 24.5 Å². The summed E-state index contributed by atoms with van der Waals surface area (Å²) in [7, 11) is 0. The summed E-state index contributed by atoms with van der Waals surface area (Å²) in [5, 5.41) is 23.8. The van der Waals surface area contributed by atoms with Gasteiger partial charge in [-0.15, -0.1) is 0 Å². The molecule has 5 rings (SSSR count). The number of halogens is 1. The molecule has 198 valence electrons. The molecule has 4 atom stereocenters. The third kappa shape index (κ3) is 4.99. The first kappa shape index (κ1) is 25.8. The lowest BCUT2D eigenvalue weighted by atomic mass is 10.1. The third-order valence-corrected chi connectivity index (χ3v) is 6.47. The Bertz CT molecular complexity index is 1430. The minimum Gasteiger partial charge on any atom is -0.387 e. The van der Waals surface area contributed by atoms with Crippen LogP contribution in [0.5, 0.6) is 0 Å². The van der Waals surface area contributed by atoms with E-state index in [1.54, 1.807) is 24.0 Å². The summed E-state index contributed by atoms with van der Waals surface area (Å²) in [4.78, 5) is 43.6. The van der Waals surface area contributed by atoms with Crippen molar-refractivity contribution >= 4 is 40.4 Å². The van der Waals surface area contributed by atoms with Crippen LogP contribution < -0.4 is 11.1 Å². The number of pyridine rings is 1. The predicted octanol–water partition coefficient (Wildman–Crippen LogP) is -0.131. The summed E-state index contributed by atoms with van der Waals surface area (Å²) in [5.41, 5.74) is 6.94.